The SMILES string of the molecule is CC(C)OC(=O)OCOP(=O)(OCOC(=O)OC(C)C)C(F)(F)c1ccc2sc(C(=O)NC3CN(C(=O)O)CCC4CCCN4C3=O)cc2c1. The van der Waals surface area contributed by atoms with E-state index in [0.717, 1.165) is 41.2 Å². The second-order valence-corrected chi connectivity index (χ2v) is 15.0. The van der Waals surface area contributed by atoms with Crippen molar-refractivity contribution < 1.29 is 70.4 Å². The van der Waals surface area contributed by atoms with Crippen LogP contribution in [-0.2, 0) is 43.0 Å². The molecule has 0 spiro atoms. The Balaban J connectivity index is 1.55. The number of carboxylic acid groups (broad SMARTS) is 1. The summed E-state index contributed by atoms with van der Waals surface area (Å²) in [6.45, 7) is 3.85. The Morgan fingerprint density at radius 1 is 1.00 bits per heavy atom. The highest BCUT2D eigenvalue weighted by molar-refractivity contribution is 7.54. The van der Waals surface area contributed by atoms with E-state index in [-0.39, 0.29) is 29.4 Å². The number of carbonyl (C=O) groups excluding carboxylic acids is 4. The van der Waals surface area contributed by atoms with E-state index in [1.807, 2.05) is 0 Å². The third-order valence-electron chi connectivity index (χ3n) is 7.56. The van der Waals surface area contributed by atoms with E-state index in [1.54, 1.807) is 4.90 Å². The average molecular weight is 750 g/mol. The number of nitrogens with one attached hydrogen (secondary N) is 1. The van der Waals surface area contributed by atoms with E-state index >= 15 is 8.78 Å². The third-order valence-corrected chi connectivity index (χ3v) is 10.5. The van der Waals surface area contributed by atoms with Crippen LogP contribution in [0.1, 0.15) is 62.2 Å². The summed E-state index contributed by atoms with van der Waals surface area (Å²) in [6, 6.07) is 3.05. The van der Waals surface area contributed by atoms with Crippen LogP contribution in [0.3, 0.4) is 0 Å². The predicted molar refractivity (Wildman–Crippen MR) is 171 cm³/mol. The minimum atomic E-state index is -5.65. The first-order chi connectivity index (χ1) is 23.5. The molecule has 0 bridgehead atoms. The highest BCUT2D eigenvalue weighted by Crippen LogP contribution is 2.67. The Kier molecular flexibility index (Phi) is 12.6. The maximum atomic E-state index is 16.0. The molecular weight excluding hydrogens is 711 g/mol. The van der Waals surface area contributed by atoms with Crippen molar-refractivity contribution in [1.29, 1.82) is 0 Å². The van der Waals surface area contributed by atoms with Gasteiger partial charge in [0.05, 0.1) is 23.6 Å². The normalized spacial score (nSPS) is 18.4. The lowest BCUT2D eigenvalue weighted by Crippen LogP contribution is -2.57. The number of benzene rings is 1. The van der Waals surface area contributed by atoms with E-state index in [1.165, 1.54) is 39.8 Å². The van der Waals surface area contributed by atoms with Crippen LogP contribution in [0.15, 0.2) is 24.3 Å². The molecule has 1 aromatic heterocycles. The zero-order valence-electron chi connectivity index (χ0n) is 27.6. The van der Waals surface area contributed by atoms with Gasteiger partial charge in [0.2, 0.25) is 19.5 Å². The highest BCUT2D eigenvalue weighted by Gasteiger charge is 2.56. The number of ether oxygens (including phenoxy) is 4. The van der Waals surface area contributed by atoms with Gasteiger partial charge in [-0.25, -0.2) is 14.4 Å². The van der Waals surface area contributed by atoms with Crippen molar-refractivity contribution in [3.8, 4) is 0 Å². The molecule has 0 aliphatic carbocycles. The molecule has 2 atom stereocenters. The molecule has 4 rings (SSSR count). The number of nitrogens with zero attached hydrogens (tertiary/aromatic N) is 2. The quantitative estimate of drug-likeness (QED) is 0.153. The molecule has 2 aromatic rings. The molecule has 2 saturated heterocycles. The molecule has 2 aliphatic heterocycles. The smallest absolute Gasteiger partial charge is 0.465 e. The Bertz CT molecular complexity index is 1610. The molecular formula is C30H38F2N3O13PS. The summed E-state index contributed by atoms with van der Waals surface area (Å²) in [5, 5.41) is 12.4. The minimum absolute atomic E-state index is 0.0278. The van der Waals surface area contributed by atoms with Crippen LogP contribution in [0.5, 0.6) is 0 Å². The van der Waals surface area contributed by atoms with Crippen LogP contribution in [-0.4, -0.2) is 103 Å². The summed E-state index contributed by atoms with van der Waals surface area (Å²) in [5.41, 5.74) is -5.32. The van der Waals surface area contributed by atoms with Crippen molar-refractivity contribution in [1.82, 2.24) is 15.1 Å². The van der Waals surface area contributed by atoms with Gasteiger partial charge in [-0.2, -0.15) is 8.78 Å². The summed E-state index contributed by atoms with van der Waals surface area (Å²) in [7, 11) is -5.65. The second-order valence-electron chi connectivity index (χ2n) is 11.9. The molecule has 2 N–H and O–H groups in total. The molecule has 3 amide bonds. The third kappa shape index (κ3) is 9.38. The highest BCUT2D eigenvalue weighted by atomic mass is 32.1. The van der Waals surface area contributed by atoms with Crippen LogP contribution in [0, 0.1) is 0 Å². The Morgan fingerprint density at radius 2 is 1.62 bits per heavy atom. The van der Waals surface area contributed by atoms with E-state index < -0.39 is 80.9 Å². The Morgan fingerprint density at radius 3 is 2.20 bits per heavy atom. The van der Waals surface area contributed by atoms with Crippen molar-refractivity contribution in [2.24, 2.45) is 0 Å². The van der Waals surface area contributed by atoms with Crippen molar-refractivity contribution in [2.75, 3.05) is 33.2 Å². The predicted octanol–water partition coefficient (Wildman–Crippen LogP) is 5.69. The van der Waals surface area contributed by atoms with Gasteiger partial charge < -0.3 is 39.2 Å². The lowest BCUT2D eigenvalue weighted by atomic mass is 10.1. The maximum Gasteiger partial charge on any atom is 0.510 e. The average Bonchev–Trinajstić information content (AvgIpc) is 3.67. The molecule has 276 valence electrons. The first kappa shape index (κ1) is 38.7. The van der Waals surface area contributed by atoms with E-state index in [4.69, 9.17) is 18.5 Å². The lowest BCUT2D eigenvalue weighted by Gasteiger charge is -2.35. The largest absolute Gasteiger partial charge is 0.510 e. The van der Waals surface area contributed by atoms with Gasteiger partial charge in [-0.1, -0.05) is 6.07 Å². The van der Waals surface area contributed by atoms with E-state index in [9.17, 15) is 33.6 Å². The zero-order chi connectivity index (χ0) is 36.8. The van der Waals surface area contributed by atoms with Gasteiger partial charge >= 0.3 is 31.7 Å². The summed E-state index contributed by atoms with van der Waals surface area (Å²) < 4.78 is 74.0. The van der Waals surface area contributed by atoms with Gasteiger partial charge in [-0.15, -0.1) is 11.3 Å². The van der Waals surface area contributed by atoms with Crippen LogP contribution >= 0.6 is 18.9 Å². The van der Waals surface area contributed by atoms with Crippen LogP contribution in [0.2, 0.25) is 0 Å². The number of amides is 3. The topological polar surface area (TPSA) is 197 Å². The van der Waals surface area contributed by atoms with Gasteiger partial charge in [-0.05, 0) is 70.5 Å². The van der Waals surface area contributed by atoms with Gasteiger partial charge in [0.1, 0.15) is 6.04 Å². The molecule has 3 heterocycles. The van der Waals surface area contributed by atoms with E-state index in [2.05, 4.69) is 14.8 Å². The van der Waals surface area contributed by atoms with Crippen molar-refractivity contribution in [3.05, 3.63) is 34.7 Å². The second kappa shape index (κ2) is 16.3. The summed E-state index contributed by atoms with van der Waals surface area (Å²) in [6.07, 6.45) is -3.10. The van der Waals surface area contributed by atoms with E-state index in [0.29, 0.717) is 17.7 Å². The number of alkyl halides is 2. The number of rotatable bonds is 12. The molecule has 1 aromatic carbocycles. The monoisotopic (exact) mass is 749 g/mol. The van der Waals surface area contributed by atoms with Gasteiger partial charge in [0, 0.05) is 29.4 Å². The molecule has 16 nitrogen and oxygen atoms in total. The van der Waals surface area contributed by atoms with Gasteiger partial charge in [-0.3, -0.25) is 23.2 Å². The lowest BCUT2D eigenvalue weighted by molar-refractivity contribution is -0.135. The Labute approximate surface area is 289 Å². The van der Waals surface area contributed by atoms with Crippen molar-refractivity contribution >= 4 is 59.2 Å². The van der Waals surface area contributed by atoms with Gasteiger partial charge in [0.15, 0.2) is 0 Å². The molecule has 50 heavy (non-hydrogen) atoms. The fourth-order valence-electron chi connectivity index (χ4n) is 5.27. The number of carbonyl (C=O) groups is 5. The fraction of sp³-hybridized carbons (Fsp3) is 0.567. The minimum Gasteiger partial charge on any atom is -0.465 e. The van der Waals surface area contributed by atoms with Crippen LogP contribution < -0.4 is 5.32 Å². The van der Waals surface area contributed by atoms with Crippen LogP contribution in [0.25, 0.3) is 10.1 Å². The number of halogens is 2. The molecule has 2 unspecified atom stereocenters. The number of hydrogen-bond acceptors (Lipinski definition) is 13. The standard InChI is InChI=1S/C30H38F2N3O13PS/c1-17(2)47-28(40)43-15-45-49(42,46-16-44-29(41)48-18(3)4)30(31,32)20-7-8-23-19(12-20)13-24(50-23)25(36)33-22-14-34(27(38)39)11-9-21-6-5-10-35(21)26(22)37/h7-8,12-13,17-18,21-22H,5-6,9-11,14-16H2,1-4H3,(H,33,36)(H,38,39). The van der Waals surface area contributed by atoms with Crippen molar-refractivity contribution in [2.45, 2.75) is 76.9 Å². The molecule has 0 radical (unpaired) electrons. The summed E-state index contributed by atoms with van der Waals surface area (Å²) >= 11 is 0.915. The zero-order valence-corrected chi connectivity index (χ0v) is 29.3. The first-order valence-electron chi connectivity index (χ1n) is 15.6. The van der Waals surface area contributed by atoms with Crippen molar-refractivity contribution in [3.63, 3.8) is 0 Å². The number of thiophene rings is 1. The molecule has 2 aliphatic rings. The number of fused-ring (bicyclic) bond motifs is 2. The summed E-state index contributed by atoms with van der Waals surface area (Å²) in [5.74, 6) is -1.14. The molecule has 0 saturated carbocycles. The maximum absolute atomic E-state index is 16.0. The number of hydrogen-bond donors (Lipinski definition) is 2. The molecule has 2 fully saturated rings. The molecule has 20 heteroatoms. The van der Waals surface area contributed by atoms with Crippen LogP contribution in [0.4, 0.5) is 23.2 Å². The fourth-order valence-corrected chi connectivity index (χ4v) is 7.46. The first-order valence-corrected chi connectivity index (χ1v) is 17.9. The Hall–Kier alpha value is -4.06. The summed E-state index contributed by atoms with van der Waals surface area (Å²) in [4.78, 5) is 64.7. The van der Waals surface area contributed by atoms with Gasteiger partial charge in [0.25, 0.3) is 5.91 Å².